The number of hydrogen-bond donors (Lipinski definition) is 0. The highest BCUT2D eigenvalue weighted by Crippen LogP contribution is 2.03. The van der Waals surface area contributed by atoms with Crippen LogP contribution in [0.2, 0.25) is 0 Å². The summed E-state index contributed by atoms with van der Waals surface area (Å²) in [4.78, 5) is 25.6. The summed E-state index contributed by atoms with van der Waals surface area (Å²) >= 11 is 0. The summed E-state index contributed by atoms with van der Waals surface area (Å²) < 4.78 is 2.36. The number of rotatable bonds is 3. The van der Waals surface area contributed by atoms with Crippen LogP contribution in [0.15, 0.2) is 15.8 Å². The van der Waals surface area contributed by atoms with E-state index < -0.39 is 11.2 Å². The first-order valence-electron chi connectivity index (χ1n) is 5.52. The molecule has 1 aromatic heterocycles. The van der Waals surface area contributed by atoms with E-state index in [1.54, 1.807) is 31.1 Å². The Bertz CT molecular complexity index is 629. The van der Waals surface area contributed by atoms with Crippen LogP contribution in [0.5, 0.6) is 0 Å². The van der Waals surface area contributed by atoms with Crippen molar-refractivity contribution in [2.24, 2.45) is 7.05 Å². The van der Waals surface area contributed by atoms with Crippen LogP contribution in [-0.2, 0) is 13.6 Å². The second kappa shape index (κ2) is 5.36. The molecular weight excluding hydrogens is 232 g/mol. The van der Waals surface area contributed by atoms with Gasteiger partial charge in [-0.25, -0.2) is 4.79 Å². The van der Waals surface area contributed by atoms with Crippen molar-refractivity contribution in [3.8, 4) is 6.07 Å². The van der Waals surface area contributed by atoms with Gasteiger partial charge in [-0.15, -0.1) is 0 Å². The fourth-order valence-corrected chi connectivity index (χ4v) is 1.58. The first kappa shape index (κ1) is 13.8. The Morgan fingerprint density at radius 2 is 2.00 bits per heavy atom. The molecule has 0 aliphatic rings. The maximum atomic E-state index is 11.9. The molecule has 0 fully saturated rings. The zero-order valence-corrected chi connectivity index (χ0v) is 11.0. The molecule has 96 valence electrons. The zero-order valence-electron chi connectivity index (χ0n) is 11.0. The molecule has 0 aliphatic heterocycles. The van der Waals surface area contributed by atoms with E-state index in [-0.39, 0.29) is 12.1 Å². The molecule has 18 heavy (non-hydrogen) atoms. The molecule has 1 rings (SSSR count). The lowest BCUT2D eigenvalue weighted by Crippen LogP contribution is -2.41. The van der Waals surface area contributed by atoms with Gasteiger partial charge in [-0.2, -0.15) is 5.26 Å². The summed E-state index contributed by atoms with van der Waals surface area (Å²) in [5.74, 6) is 0. The summed E-state index contributed by atoms with van der Waals surface area (Å²) in [6.07, 6.45) is 3.27. The van der Waals surface area contributed by atoms with Crippen LogP contribution in [0, 0.1) is 11.3 Å². The first-order valence-corrected chi connectivity index (χ1v) is 5.52. The molecule has 0 saturated heterocycles. The van der Waals surface area contributed by atoms with Crippen molar-refractivity contribution in [3.05, 3.63) is 38.3 Å². The smallest absolute Gasteiger partial charge is 0.331 e. The fourth-order valence-electron chi connectivity index (χ4n) is 1.58. The standard InChI is InChI=1S/C12H16N4O2/c1-5-16-11(17)9(8-13)10(6-7-14(2)3)15(4)12(16)18/h6-7H,5H2,1-4H3/b7-6+. The Hall–Kier alpha value is -2.29. The monoisotopic (exact) mass is 248 g/mol. The van der Waals surface area contributed by atoms with Crippen LogP contribution in [0.25, 0.3) is 6.08 Å². The normalized spacial score (nSPS) is 10.6. The predicted octanol–water partition coefficient (Wildman–Crippen LogP) is -0.0291. The lowest BCUT2D eigenvalue weighted by atomic mass is 10.2. The van der Waals surface area contributed by atoms with Crippen molar-refractivity contribution in [3.63, 3.8) is 0 Å². The minimum atomic E-state index is -0.540. The molecule has 0 bridgehead atoms. The minimum Gasteiger partial charge on any atom is -0.383 e. The minimum absolute atomic E-state index is 0.0166. The van der Waals surface area contributed by atoms with Crippen molar-refractivity contribution < 1.29 is 0 Å². The summed E-state index contributed by atoms with van der Waals surface area (Å²) in [6, 6.07) is 1.87. The largest absolute Gasteiger partial charge is 0.383 e. The van der Waals surface area contributed by atoms with Crippen LogP contribution in [0.4, 0.5) is 0 Å². The van der Waals surface area contributed by atoms with Crippen LogP contribution in [0.1, 0.15) is 18.2 Å². The van der Waals surface area contributed by atoms with Crippen LogP contribution in [-0.4, -0.2) is 28.1 Å². The zero-order chi connectivity index (χ0) is 13.9. The topological polar surface area (TPSA) is 71.0 Å². The van der Waals surface area contributed by atoms with E-state index in [9.17, 15) is 9.59 Å². The molecule has 0 atom stereocenters. The van der Waals surface area contributed by atoms with Crippen LogP contribution >= 0.6 is 0 Å². The van der Waals surface area contributed by atoms with E-state index in [0.29, 0.717) is 5.69 Å². The molecule has 6 heteroatoms. The van der Waals surface area contributed by atoms with Crippen LogP contribution in [0.3, 0.4) is 0 Å². The van der Waals surface area contributed by atoms with Gasteiger partial charge in [0.1, 0.15) is 11.6 Å². The second-order valence-electron chi connectivity index (χ2n) is 4.04. The molecule has 0 spiro atoms. The van der Waals surface area contributed by atoms with E-state index in [4.69, 9.17) is 5.26 Å². The third-order valence-electron chi connectivity index (χ3n) is 2.55. The lowest BCUT2D eigenvalue weighted by Gasteiger charge is -2.11. The first-order chi connectivity index (χ1) is 8.43. The van der Waals surface area contributed by atoms with Gasteiger partial charge >= 0.3 is 5.69 Å². The van der Waals surface area contributed by atoms with Crippen LogP contribution < -0.4 is 11.2 Å². The number of aromatic nitrogens is 2. The summed E-state index contributed by atoms with van der Waals surface area (Å²) in [6.45, 7) is 1.94. The Balaban J connectivity index is 3.69. The third kappa shape index (κ3) is 2.35. The molecule has 0 aliphatic carbocycles. The van der Waals surface area contributed by atoms with Gasteiger partial charge in [0.2, 0.25) is 0 Å². The highest BCUT2D eigenvalue weighted by molar-refractivity contribution is 5.53. The van der Waals surface area contributed by atoms with Gasteiger partial charge in [0.25, 0.3) is 5.56 Å². The molecule has 6 nitrogen and oxygen atoms in total. The van der Waals surface area contributed by atoms with Gasteiger partial charge in [0, 0.05) is 33.9 Å². The van der Waals surface area contributed by atoms with E-state index in [0.717, 1.165) is 4.57 Å². The second-order valence-corrected chi connectivity index (χ2v) is 4.04. The number of nitrogens with zero attached hydrogens (tertiary/aromatic N) is 4. The van der Waals surface area contributed by atoms with Gasteiger partial charge in [-0.05, 0) is 13.0 Å². The summed E-state index contributed by atoms with van der Waals surface area (Å²) in [5.41, 5.74) is -0.649. The number of hydrogen-bond acceptors (Lipinski definition) is 4. The molecule has 1 aromatic rings. The quantitative estimate of drug-likeness (QED) is 0.753. The van der Waals surface area contributed by atoms with Crippen molar-refractivity contribution in [2.75, 3.05) is 14.1 Å². The fraction of sp³-hybridized carbons (Fsp3) is 0.417. The lowest BCUT2D eigenvalue weighted by molar-refractivity contribution is 0.566. The Morgan fingerprint density at radius 3 is 2.44 bits per heavy atom. The average Bonchev–Trinajstić information content (AvgIpc) is 2.32. The maximum absolute atomic E-state index is 11.9. The van der Waals surface area contributed by atoms with Gasteiger partial charge in [-0.3, -0.25) is 13.9 Å². The van der Waals surface area contributed by atoms with E-state index in [1.807, 2.05) is 20.2 Å². The highest BCUT2D eigenvalue weighted by Gasteiger charge is 2.14. The van der Waals surface area contributed by atoms with E-state index in [1.165, 1.54) is 4.57 Å². The van der Waals surface area contributed by atoms with Crippen molar-refractivity contribution >= 4 is 6.08 Å². The maximum Gasteiger partial charge on any atom is 0.331 e. The van der Waals surface area contributed by atoms with Gasteiger partial charge in [0.05, 0.1) is 5.69 Å². The van der Waals surface area contributed by atoms with Crippen molar-refractivity contribution in [2.45, 2.75) is 13.5 Å². The van der Waals surface area contributed by atoms with Gasteiger partial charge < -0.3 is 4.90 Å². The van der Waals surface area contributed by atoms with E-state index in [2.05, 4.69) is 0 Å². The highest BCUT2D eigenvalue weighted by atomic mass is 16.2. The third-order valence-corrected chi connectivity index (χ3v) is 2.55. The van der Waals surface area contributed by atoms with E-state index >= 15 is 0 Å². The molecule has 0 unspecified atom stereocenters. The summed E-state index contributed by atoms with van der Waals surface area (Å²) in [5, 5.41) is 9.07. The molecule has 0 saturated carbocycles. The van der Waals surface area contributed by atoms with Gasteiger partial charge in [-0.1, -0.05) is 0 Å². The Morgan fingerprint density at radius 1 is 1.39 bits per heavy atom. The van der Waals surface area contributed by atoms with Crippen molar-refractivity contribution in [1.29, 1.82) is 5.26 Å². The summed E-state index contributed by atoms with van der Waals surface area (Å²) in [7, 11) is 5.17. The molecule has 0 N–H and O–H groups in total. The average molecular weight is 248 g/mol. The van der Waals surface area contributed by atoms with Gasteiger partial charge in [0.15, 0.2) is 0 Å². The molecule has 0 aromatic carbocycles. The molecule has 0 radical (unpaired) electrons. The molecular formula is C12H16N4O2. The SMILES string of the molecule is CCn1c(=O)c(C#N)c(/C=C/N(C)C)n(C)c1=O. The van der Waals surface area contributed by atoms with Crippen molar-refractivity contribution in [1.82, 2.24) is 14.0 Å². The molecule has 1 heterocycles. The molecule has 0 amide bonds. The predicted molar refractivity (Wildman–Crippen MR) is 69.1 cm³/mol. The Kier molecular flexibility index (Phi) is 4.10. The number of nitriles is 1. The Labute approximate surface area is 105 Å².